The van der Waals surface area contributed by atoms with E-state index in [-0.39, 0.29) is 29.8 Å². The molecule has 1 unspecified atom stereocenters. The summed E-state index contributed by atoms with van der Waals surface area (Å²) >= 11 is 1.75. The second-order valence-electron chi connectivity index (χ2n) is 10.00. The van der Waals surface area contributed by atoms with Gasteiger partial charge in [-0.25, -0.2) is 0 Å². The van der Waals surface area contributed by atoms with Gasteiger partial charge in [0.1, 0.15) is 6.54 Å². The topological polar surface area (TPSA) is 49.9 Å². The molecule has 0 aliphatic carbocycles. The van der Waals surface area contributed by atoms with Crippen LogP contribution in [-0.2, 0) is 21.4 Å². The second kappa shape index (κ2) is 10.8. The first kappa shape index (κ1) is 25.1. The molecule has 3 aromatic rings. The monoisotopic (exact) mass is 490 g/mol. The van der Waals surface area contributed by atoms with Gasteiger partial charge in [0.05, 0.1) is 12.6 Å². The predicted molar refractivity (Wildman–Crippen MR) is 141 cm³/mol. The largest absolute Gasteiger partial charge is 0.383 e. The molecule has 2 heterocycles. The van der Waals surface area contributed by atoms with Gasteiger partial charge < -0.3 is 14.5 Å². The molecule has 2 aromatic carbocycles. The van der Waals surface area contributed by atoms with Gasteiger partial charge in [0.2, 0.25) is 5.91 Å². The Hall–Kier alpha value is -2.96. The van der Waals surface area contributed by atoms with E-state index in [0.29, 0.717) is 25.3 Å². The van der Waals surface area contributed by atoms with Gasteiger partial charge in [-0.2, -0.15) is 0 Å². The lowest BCUT2D eigenvalue weighted by molar-refractivity contribution is -0.134. The number of carbonyl (C=O) groups excluding carboxylic acids is 2. The number of fused-ring (bicyclic) bond motifs is 1. The quantitative estimate of drug-likeness (QED) is 0.451. The molecule has 184 valence electrons. The van der Waals surface area contributed by atoms with Crippen LogP contribution < -0.4 is 0 Å². The molecule has 5 nitrogen and oxygen atoms in total. The molecule has 4 rings (SSSR count). The Balaban J connectivity index is 1.57. The number of benzene rings is 2. The number of methoxy groups -OCH3 is 1. The van der Waals surface area contributed by atoms with E-state index in [0.717, 1.165) is 12.0 Å². The Labute approximate surface area is 212 Å². The van der Waals surface area contributed by atoms with E-state index in [1.54, 1.807) is 23.3 Å². The molecule has 6 heteroatoms. The maximum atomic E-state index is 13.7. The van der Waals surface area contributed by atoms with E-state index in [1.807, 2.05) is 47.4 Å². The van der Waals surface area contributed by atoms with E-state index in [9.17, 15) is 9.59 Å². The summed E-state index contributed by atoms with van der Waals surface area (Å²) in [5.41, 5.74) is 4.04. The fourth-order valence-corrected chi connectivity index (χ4v) is 5.49. The summed E-state index contributed by atoms with van der Waals surface area (Å²) in [6.45, 7) is 7.83. The molecule has 0 radical (unpaired) electrons. The van der Waals surface area contributed by atoms with Gasteiger partial charge in [0, 0.05) is 30.6 Å². The van der Waals surface area contributed by atoms with E-state index in [2.05, 4.69) is 44.4 Å². The van der Waals surface area contributed by atoms with Crippen molar-refractivity contribution < 1.29 is 14.3 Å². The Bertz CT molecular complexity index is 1150. The van der Waals surface area contributed by atoms with Crippen LogP contribution in [0.25, 0.3) is 0 Å². The van der Waals surface area contributed by atoms with Crippen LogP contribution in [0.15, 0.2) is 66.0 Å². The molecule has 1 atom stereocenters. The van der Waals surface area contributed by atoms with Crippen molar-refractivity contribution in [2.75, 3.05) is 33.4 Å². The molecule has 0 spiro atoms. The van der Waals surface area contributed by atoms with Gasteiger partial charge >= 0.3 is 0 Å². The van der Waals surface area contributed by atoms with Crippen molar-refractivity contribution in [1.82, 2.24) is 9.80 Å². The minimum absolute atomic E-state index is 0.00844. The third-order valence-corrected chi connectivity index (χ3v) is 7.57. The van der Waals surface area contributed by atoms with Crippen molar-refractivity contribution >= 4 is 23.2 Å². The predicted octanol–water partition coefficient (Wildman–Crippen LogP) is 5.31. The number of hydrogen-bond acceptors (Lipinski definition) is 4. The second-order valence-corrected chi connectivity index (χ2v) is 11.0. The van der Waals surface area contributed by atoms with Crippen molar-refractivity contribution in [1.29, 1.82) is 0 Å². The van der Waals surface area contributed by atoms with Crippen molar-refractivity contribution in [3.63, 3.8) is 0 Å². The summed E-state index contributed by atoms with van der Waals surface area (Å²) in [6.07, 6.45) is 0.836. The molecular formula is C29H34N2O3S. The molecule has 0 saturated carbocycles. The van der Waals surface area contributed by atoms with E-state index in [1.165, 1.54) is 16.0 Å². The third kappa shape index (κ3) is 5.65. The van der Waals surface area contributed by atoms with Crippen LogP contribution in [0, 0.1) is 0 Å². The van der Waals surface area contributed by atoms with Gasteiger partial charge in [-0.3, -0.25) is 9.59 Å². The number of nitrogens with zero attached hydrogens (tertiary/aromatic N) is 2. The smallest absolute Gasteiger partial charge is 0.254 e. The zero-order valence-electron chi connectivity index (χ0n) is 21.0. The van der Waals surface area contributed by atoms with Gasteiger partial charge in [-0.05, 0) is 52.1 Å². The molecule has 35 heavy (non-hydrogen) atoms. The van der Waals surface area contributed by atoms with Crippen molar-refractivity contribution in [2.24, 2.45) is 0 Å². The Morgan fingerprint density at radius 1 is 1.06 bits per heavy atom. The minimum atomic E-state index is -0.152. The van der Waals surface area contributed by atoms with Crippen LogP contribution in [-0.4, -0.2) is 55.0 Å². The van der Waals surface area contributed by atoms with Crippen LogP contribution in [0.4, 0.5) is 0 Å². The summed E-state index contributed by atoms with van der Waals surface area (Å²) in [5.74, 6) is -0.202. The molecule has 0 bridgehead atoms. The molecule has 1 aliphatic heterocycles. The highest BCUT2D eigenvalue weighted by Gasteiger charge is 2.34. The SMILES string of the molecule is COCCN(CC(=O)N1CCc2sccc2C1c1ccccc1)C(=O)c1ccc(C(C)(C)C)cc1. The molecule has 0 saturated heterocycles. The van der Waals surface area contributed by atoms with Gasteiger partial charge in [0.25, 0.3) is 5.91 Å². The summed E-state index contributed by atoms with van der Waals surface area (Å²) in [6, 6.07) is 19.9. The summed E-state index contributed by atoms with van der Waals surface area (Å²) in [5, 5.41) is 2.10. The zero-order chi connectivity index (χ0) is 25.0. The normalized spacial score (nSPS) is 15.5. The van der Waals surface area contributed by atoms with Gasteiger partial charge in [0.15, 0.2) is 0 Å². The highest BCUT2D eigenvalue weighted by atomic mass is 32.1. The van der Waals surface area contributed by atoms with Crippen LogP contribution >= 0.6 is 11.3 Å². The van der Waals surface area contributed by atoms with Crippen molar-refractivity contribution in [2.45, 2.75) is 38.6 Å². The molecule has 1 aliphatic rings. The first-order valence-corrected chi connectivity index (χ1v) is 13.0. The average molecular weight is 491 g/mol. The number of ether oxygens (including phenoxy) is 1. The highest BCUT2D eigenvalue weighted by Crippen LogP contribution is 2.37. The third-order valence-electron chi connectivity index (χ3n) is 6.58. The lowest BCUT2D eigenvalue weighted by atomic mass is 9.86. The maximum Gasteiger partial charge on any atom is 0.254 e. The van der Waals surface area contributed by atoms with E-state index in [4.69, 9.17) is 4.74 Å². The molecule has 0 N–H and O–H groups in total. The molecular weight excluding hydrogens is 456 g/mol. The summed E-state index contributed by atoms with van der Waals surface area (Å²) in [4.78, 5) is 32.0. The van der Waals surface area contributed by atoms with Crippen molar-refractivity contribution in [3.8, 4) is 0 Å². The van der Waals surface area contributed by atoms with Crippen molar-refractivity contribution in [3.05, 3.63) is 93.2 Å². The first-order chi connectivity index (χ1) is 16.8. The summed E-state index contributed by atoms with van der Waals surface area (Å²) < 4.78 is 5.26. The standard InChI is InChI=1S/C29H34N2O3S/c1-29(2,3)23-12-10-22(11-13-23)28(33)30(17-18-34-4)20-26(32)31-16-14-25-24(15-19-35-25)27(31)21-8-6-5-7-9-21/h5-13,15,19,27H,14,16-18,20H2,1-4H3. The molecule has 2 amide bonds. The maximum absolute atomic E-state index is 13.7. The number of carbonyl (C=O) groups is 2. The number of hydrogen-bond donors (Lipinski definition) is 0. The fourth-order valence-electron chi connectivity index (χ4n) is 4.58. The highest BCUT2D eigenvalue weighted by molar-refractivity contribution is 7.10. The minimum Gasteiger partial charge on any atom is -0.383 e. The van der Waals surface area contributed by atoms with Gasteiger partial charge in [-0.1, -0.05) is 63.2 Å². The Morgan fingerprint density at radius 3 is 2.43 bits per heavy atom. The van der Waals surface area contributed by atoms with E-state index < -0.39 is 0 Å². The Morgan fingerprint density at radius 2 is 1.77 bits per heavy atom. The van der Waals surface area contributed by atoms with Crippen LogP contribution in [0.3, 0.4) is 0 Å². The number of amides is 2. The molecule has 1 aromatic heterocycles. The van der Waals surface area contributed by atoms with Crippen LogP contribution in [0.1, 0.15) is 58.7 Å². The number of thiophene rings is 1. The molecule has 0 fully saturated rings. The lowest BCUT2D eigenvalue weighted by Gasteiger charge is -2.37. The number of rotatable bonds is 7. The fraction of sp³-hybridized carbons (Fsp3) is 0.379. The lowest BCUT2D eigenvalue weighted by Crippen LogP contribution is -2.47. The zero-order valence-corrected chi connectivity index (χ0v) is 21.8. The Kier molecular flexibility index (Phi) is 7.72. The van der Waals surface area contributed by atoms with Crippen LogP contribution in [0.2, 0.25) is 0 Å². The summed E-state index contributed by atoms with van der Waals surface area (Å²) in [7, 11) is 1.61. The van der Waals surface area contributed by atoms with Crippen LogP contribution in [0.5, 0.6) is 0 Å². The first-order valence-electron chi connectivity index (χ1n) is 12.1. The average Bonchev–Trinajstić information content (AvgIpc) is 3.34. The van der Waals surface area contributed by atoms with Gasteiger partial charge in [-0.15, -0.1) is 11.3 Å². The van der Waals surface area contributed by atoms with E-state index >= 15 is 0 Å².